The molecule has 1 aromatic heterocycles. The number of aromatic nitrogens is 1. The van der Waals surface area contributed by atoms with Crippen LogP contribution in [0.25, 0.3) is 11.3 Å². The molecule has 2 N–H and O–H groups in total. The first-order valence-corrected chi connectivity index (χ1v) is 12.4. The molecular weight excluding hydrogens is 420 g/mol. The molecule has 0 spiro atoms. The molecule has 5 nitrogen and oxygen atoms in total. The largest absolute Gasteiger partial charge is 0.366 e. The van der Waals surface area contributed by atoms with Crippen LogP contribution in [-0.4, -0.2) is 35.4 Å². The summed E-state index contributed by atoms with van der Waals surface area (Å²) in [5.74, 6) is 0.739. The zero-order chi connectivity index (χ0) is 23.7. The van der Waals surface area contributed by atoms with E-state index in [1.54, 1.807) is 6.92 Å². The highest BCUT2D eigenvalue weighted by Gasteiger charge is 2.25. The van der Waals surface area contributed by atoms with Gasteiger partial charge in [-0.15, -0.1) is 0 Å². The van der Waals surface area contributed by atoms with E-state index in [2.05, 4.69) is 54.3 Å². The van der Waals surface area contributed by atoms with Crippen LogP contribution in [-0.2, 0) is 24.3 Å². The van der Waals surface area contributed by atoms with Crippen molar-refractivity contribution in [3.05, 3.63) is 82.5 Å². The number of para-hydroxylation sites is 1. The summed E-state index contributed by atoms with van der Waals surface area (Å²) in [6.45, 7) is 8.01. The second kappa shape index (κ2) is 9.59. The lowest BCUT2D eigenvalue weighted by Gasteiger charge is -2.32. The molecule has 1 saturated heterocycles. The van der Waals surface area contributed by atoms with E-state index in [0.717, 1.165) is 56.8 Å². The number of benzene rings is 2. The van der Waals surface area contributed by atoms with Gasteiger partial charge in [0.2, 0.25) is 5.91 Å². The molecule has 1 amide bonds. The first kappa shape index (κ1) is 22.6. The average Bonchev–Trinajstić information content (AvgIpc) is 3.28. The quantitative estimate of drug-likeness (QED) is 0.601. The first-order chi connectivity index (χ1) is 16.5. The predicted octanol–water partition coefficient (Wildman–Crippen LogP) is 4.80. The molecule has 0 bridgehead atoms. The Kier molecular flexibility index (Phi) is 6.38. The zero-order valence-corrected chi connectivity index (χ0v) is 20.3. The lowest BCUT2D eigenvalue weighted by molar-refractivity contribution is -0.129. The number of anilines is 1. The van der Waals surface area contributed by atoms with Gasteiger partial charge in [-0.1, -0.05) is 42.5 Å². The standard InChI is InChI=1S/C29H34N4O/c1-20-17-24(22-11-14-32(15-12-22)21(2)34)9-10-25(20)19-33-16-13-23-5-3-7-27(29(23)33)28-8-4-6-26(18-30)31-28/h3-10,17,22H,11-16,18-19,30H2,1-2H3. The summed E-state index contributed by atoms with van der Waals surface area (Å²) in [7, 11) is 0. The monoisotopic (exact) mass is 454 g/mol. The molecule has 0 unspecified atom stereocenters. The maximum Gasteiger partial charge on any atom is 0.219 e. The average molecular weight is 455 g/mol. The minimum Gasteiger partial charge on any atom is -0.366 e. The number of nitrogens with zero attached hydrogens (tertiary/aromatic N) is 3. The Morgan fingerprint density at radius 3 is 2.59 bits per heavy atom. The number of nitrogens with two attached hydrogens (primary N) is 1. The summed E-state index contributed by atoms with van der Waals surface area (Å²) in [6, 6.07) is 19.7. The Balaban J connectivity index is 1.36. The van der Waals surface area contributed by atoms with E-state index in [4.69, 9.17) is 10.7 Å². The molecule has 0 saturated carbocycles. The number of pyridine rings is 1. The summed E-state index contributed by atoms with van der Waals surface area (Å²) in [5.41, 5.74) is 15.8. The van der Waals surface area contributed by atoms with Crippen LogP contribution in [0.15, 0.2) is 54.6 Å². The minimum atomic E-state index is 0.195. The summed E-state index contributed by atoms with van der Waals surface area (Å²) in [5, 5.41) is 0. The SMILES string of the molecule is CC(=O)N1CCC(c2ccc(CN3CCc4cccc(-c5cccc(CN)n5)c43)c(C)c2)CC1. The second-order valence-electron chi connectivity index (χ2n) is 9.67. The van der Waals surface area contributed by atoms with E-state index < -0.39 is 0 Å². The van der Waals surface area contributed by atoms with Crippen LogP contribution in [0.2, 0.25) is 0 Å². The number of likely N-dealkylation sites (tertiary alicyclic amines) is 1. The van der Waals surface area contributed by atoms with Crippen molar-refractivity contribution in [2.24, 2.45) is 5.73 Å². The van der Waals surface area contributed by atoms with Crippen LogP contribution in [0.1, 0.15) is 53.6 Å². The topological polar surface area (TPSA) is 62.5 Å². The number of carbonyl (C=O) groups excluding carboxylic acids is 1. The highest BCUT2D eigenvalue weighted by atomic mass is 16.2. The smallest absolute Gasteiger partial charge is 0.219 e. The van der Waals surface area contributed by atoms with Crippen LogP contribution in [0.3, 0.4) is 0 Å². The third-order valence-electron chi connectivity index (χ3n) is 7.52. The predicted molar refractivity (Wildman–Crippen MR) is 138 cm³/mol. The third kappa shape index (κ3) is 4.45. The summed E-state index contributed by atoms with van der Waals surface area (Å²) >= 11 is 0. The fourth-order valence-corrected chi connectivity index (χ4v) is 5.53. The van der Waals surface area contributed by atoms with Gasteiger partial charge < -0.3 is 15.5 Å². The number of hydrogen-bond acceptors (Lipinski definition) is 4. The van der Waals surface area contributed by atoms with Gasteiger partial charge in [0.25, 0.3) is 0 Å². The van der Waals surface area contributed by atoms with E-state index in [0.29, 0.717) is 12.5 Å². The summed E-state index contributed by atoms with van der Waals surface area (Å²) < 4.78 is 0. The molecule has 3 heterocycles. The molecule has 3 aromatic rings. The van der Waals surface area contributed by atoms with Crippen molar-refractivity contribution in [1.29, 1.82) is 0 Å². The zero-order valence-electron chi connectivity index (χ0n) is 20.3. The molecule has 5 heteroatoms. The summed E-state index contributed by atoms with van der Waals surface area (Å²) in [4.78, 5) is 20.9. The Labute approximate surface area is 202 Å². The fraction of sp³-hybridized carbons (Fsp3) is 0.379. The van der Waals surface area contributed by atoms with Gasteiger partial charge in [-0.3, -0.25) is 9.78 Å². The first-order valence-electron chi connectivity index (χ1n) is 12.4. The number of fused-ring (bicyclic) bond motifs is 1. The van der Waals surface area contributed by atoms with Gasteiger partial charge in [0.15, 0.2) is 0 Å². The van der Waals surface area contributed by atoms with Crippen molar-refractivity contribution in [1.82, 2.24) is 9.88 Å². The van der Waals surface area contributed by atoms with Gasteiger partial charge >= 0.3 is 0 Å². The number of carbonyl (C=O) groups is 1. The molecule has 34 heavy (non-hydrogen) atoms. The van der Waals surface area contributed by atoms with E-state index in [1.807, 2.05) is 17.0 Å². The molecule has 5 rings (SSSR count). The van der Waals surface area contributed by atoms with E-state index >= 15 is 0 Å². The molecule has 0 radical (unpaired) electrons. The molecule has 2 aliphatic heterocycles. The maximum absolute atomic E-state index is 11.7. The van der Waals surface area contributed by atoms with Crippen LogP contribution in [0.4, 0.5) is 5.69 Å². The van der Waals surface area contributed by atoms with E-state index in [-0.39, 0.29) is 5.91 Å². The number of rotatable bonds is 5. The highest BCUT2D eigenvalue weighted by Crippen LogP contribution is 2.39. The van der Waals surface area contributed by atoms with Crippen LogP contribution >= 0.6 is 0 Å². The number of hydrogen-bond donors (Lipinski definition) is 1. The molecule has 0 atom stereocenters. The van der Waals surface area contributed by atoms with Gasteiger partial charge in [0, 0.05) is 50.9 Å². The fourth-order valence-electron chi connectivity index (χ4n) is 5.53. The second-order valence-corrected chi connectivity index (χ2v) is 9.67. The highest BCUT2D eigenvalue weighted by molar-refractivity contribution is 5.81. The van der Waals surface area contributed by atoms with Gasteiger partial charge in [-0.2, -0.15) is 0 Å². The Morgan fingerprint density at radius 1 is 1.06 bits per heavy atom. The maximum atomic E-state index is 11.7. The lowest BCUT2D eigenvalue weighted by Crippen LogP contribution is -2.36. The van der Waals surface area contributed by atoms with Crippen LogP contribution in [0, 0.1) is 6.92 Å². The normalized spacial score (nSPS) is 16.1. The number of amides is 1. The van der Waals surface area contributed by atoms with Crippen molar-refractivity contribution in [2.45, 2.75) is 52.1 Å². The van der Waals surface area contributed by atoms with Crippen molar-refractivity contribution in [3.8, 4) is 11.3 Å². The van der Waals surface area contributed by atoms with Crippen molar-refractivity contribution >= 4 is 11.6 Å². The molecule has 0 aliphatic carbocycles. The van der Waals surface area contributed by atoms with Crippen LogP contribution in [0.5, 0.6) is 0 Å². The van der Waals surface area contributed by atoms with Gasteiger partial charge in [0.1, 0.15) is 0 Å². The van der Waals surface area contributed by atoms with Gasteiger partial charge in [-0.05, 0) is 66.5 Å². The molecule has 2 aliphatic rings. The molecule has 1 fully saturated rings. The van der Waals surface area contributed by atoms with Crippen molar-refractivity contribution in [2.75, 3.05) is 24.5 Å². The number of piperidine rings is 1. The Morgan fingerprint density at radius 2 is 1.85 bits per heavy atom. The summed E-state index contributed by atoms with van der Waals surface area (Å²) in [6.07, 6.45) is 3.16. The van der Waals surface area contributed by atoms with Gasteiger partial charge in [-0.25, -0.2) is 0 Å². The Hall–Kier alpha value is -3.18. The molecule has 2 aromatic carbocycles. The van der Waals surface area contributed by atoms with Gasteiger partial charge in [0.05, 0.1) is 11.4 Å². The van der Waals surface area contributed by atoms with Crippen molar-refractivity contribution in [3.63, 3.8) is 0 Å². The van der Waals surface area contributed by atoms with Crippen molar-refractivity contribution < 1.29 is 4.79 Å². The van der Waals surface area contributed by atoms with E-state index in [1.165, 1.54) is 33.5 Å². The van der Waals surface area contributed by atoms with Crippen LogP contribution < -0.4 is 10.6 Å². The lowest BCUT2D eigenvalue weighted by atomic mass is 9.87. The minimum absolute atomic E-state index is 0.195. The third-order valence-corrected chi connectivity index (χ3v) is 7.52. The Bertz CT molecular complexity index is 1200. The number of aryl methyl sites for hydroxylation is 1. The molecule has 176 valence electrons. The molecular formula is C29H34N4O. The van der Waals surface area contributed by atoms with E-state index in [9.17, 15) is 4.79 Å².